The van der Waals surface area contributed by atoms with Gasteiger partial charge in [0.25, 0.3) is 0 Å². The van der Waals surface area contributed by atoms with Gasteiger partial charge in [0.15, 0.2) is 0 Å². The maximum atomic E-state index is 13.6. The van der Waals surface area contributed by atoms with Gasteiger partial charge in [-0.25, -0.2) is 4.79 Å². The molecule has 0 amide bonds. The molecule has 1 aliphatic rings. The minimum atomic E-state index is -0.922. The van der Waals surface area contributed by atoms with Crippen molar-refractivity contribution in [2.45, 2.75) is 18.8 Å². The van der Waals surface area contributed by atoms with E-state index in [4.69, 9.17) is 11.6 Å². The van der Waals surface area contributed by atoms with E-state index in [0.29, 0.717) is 10.9 Å². The molecule has 1 fully saturated rings. The van der Waals surface area contributed by atoms with Crippen LogP contribution in [0.25, 0.3) is 0 Å². The average molecular weight is 269 g/mol. The maximum absolute atomic E-state index is 13.6. The minimum Gasteiger partial charge on any atom is -0.464 e. The van der Waals surface area contributed by atoms with E-state index >= 15 is 0 Å². The zero-order valence-electron chi connectivity index (χ0n) is 10.0. The lowest BCUT2D eigenvalue weighted by molar-refractivity contribution is -0.137. The normalized spacial score (nSPS) is 17.4. The number of rotatable bonds is 4. The molecule has 0 aromatic heterocycles. The first-order valence-electron chi connectivity index (χ1n) is 5.83. The van der Waals surface area contributed by atoms with Gasteiger partial charge < -0.3 is 4.74 Å². The quantitative estimate of drug-likeness (QED) is 0.612. The van der Waals surface area contributed by atoms with Crippen molar-refractivity contribution in [3.05, 3.63) is 46.8 Å². The number of esters is 1. The van der Waals surface area contributed by atoms with Crippen LogP contribution in [0.4, 0.5) is 4.39 Å². The van der Waals surface area contributed by atoms with E-state index in [1.807, 2.05) is 12.1 Å². The smallest absolute Gasteiger partial charge is 0.366 e. The largest absolute Gasteiger partial charge is 0.464 e. The predicted molar refractivity (Wildman–Crippen MR) is 68.1 cm³/mol. The van der Waals surface area contributed by atoms with Gasteiger partial charge in [0.2, 0.25) is 5.83 Å². The van der Waals surface area contributed by atoms with Gasteiger partial charge in [-0.1, -0.05) is 23.7 Å². The van der Waals surface area contributed by atoms with Crippen LogP contribution in [0, 0.1) is 5.92 Å². The first-order valence-corrected chi connectivity index (χ1v) is 6.20. The average Bonchev–Trinajstić information content (AvgIpc) is 3.20. The van der Waals surface area contributed by atoms with E-state index in [9.17, 15) is 9.18 Å². The summed E-state index contributed by atoms with van der Waals surface area (Å²) in [6.45, 7) is 0. The summed E-state index contributed by atoms with van der Waals surface area (Å²) in [5.41, 5.74) is 0.973. The molecule has 0 spiro atoms. The monoisotopic (exact) mass is 268 g/mol. The molecule has 1 unspecified atom stereocenters. The molecule has 0 saturated heterocycles. The Morgan fingerprint density at radius 1 is 1.44 bits per heavy atom. The summed E-state index contributed by atoms with van der Waals surface area (Å²) in [5, 5.41) is 0.644. The minimum absolute atomic E-state index is 0.0821. The molecule has 4 heteroatoms. The molecule has 2 nitrogen and oxygen atoms in total. The molecule has 1 atom stereocenters. The van der Waals surface area contributed by atoms with Gasteiger partial charge in [-0.05, 0) is 42.5 Å². The van der Waals surface area contributed by atoms with E-state index in [1.165, 1.54) is 13.2 Å². The summed E-state index contributed by atoms with van der Waals surface area (Å²) in [6.07, 6.45) is 3.46. The highest BCUT2D eigenvalue weighted by molar-refractivity contribution is 6.30. The number of carbonyl (C=O) groups is 1. The standard InChI is InChI=1S/C14H14ClFO2/c1-18-14(17)13(16)8-12(9-2-3-9)10-4-6-11(15)7-5-10/h4-9,12H,2-3H2,1H3. The number of hydrogen-bond acceptors (Lipinski definition) is 2. The van der Waals surface area contributed by atoms with Crippen LogP contribution in [0.5, 0.6) is 0 Å². The second-order valence-electron chi connectivity index (χ2n) is 4.42. The highest BCUT2D eigenvalue weighted by atomic mass is 35.5. The zero-order chi connectivity index (χ0) is 13.1. The lowest BCUT2D eigenvalue weighted by Crippen LogP contribution is -2.05. The Hall–Kier alpha value is -1.35. The molecular weight excluding hydrogens is 255 g/mol. The van der Waals surface area contributed by atoms with Crippen LogP contribution in [0.1, 0.15) is 24.3 Å². The molecule has 18 heavy (non-hydrogen) atoms. The van der Waals surface area contributed by atoms with Crippen LogP contribution < -0.4 is 0 Å². The van der Waals surface area contributed by atoms with Crippen molar-refractivity contribution in [3.63, 3.8) is 0 Å². The summed E-state index contributed by atoms with van der Waals surface area (Å²) in [7, 11) is 1.17. The van der Waals surface area contributed by atoms with Crippen LogP contribution in [0.2, 0.25) is 5.02 Å². The fourth-order valence-corrected chi connectivity index (χ4v) is 2.09. The van der Waals surface area contributed by atoms with E-state index in [1.54, 1.807) is 12.1 Å². The molecule has 0 heterocycles. The Kier molecular flexibility index (Phi) is 4.02. The van der Waals surface area contributed by atoms with Crippen LogP contribution in [-0.4, -0.2) is 13.1 Å². The molecule has 2 rings (SSSR count). The number of hydrogen-bond donors (Lipinski definition) is 0. The highest BCUT2D eigenvalue weighted by Crippen LogP contribution is 2.44. The van der Waals surface area contributed by atoms with Gasteiger partial charge in [-0.15, -0.1) is 0 Å². The number of methoxy groups -OCH3 is 1. The van der Waals surface area contributed by atoms with Crippen molar-refractivity contribution >= 4 is 17.6 Å². The van der Waals surface area contributed by atoms with Gasteiger partial charge in [0.1, 0.15) is 0 Å². The highest BCUT2D eigenvalue weighted by Gasteiger charge is 2.32. The van der Waals surface area contributed by atoms with Crippen molar-refractivity contribution in [1.29, 1.82) is 0 Å². The van der Waals surface area contributed by atoms with Crippen LogP contribution >= 0.6 is 11.6 Å². The SMILES string of the molecule is COC(=O)C(F)=CC(c1ccc(Cl)cc1)C1CC1. The third-order valence-electron chi connectivity index (χ3n) is 3.09. The first-order chi connectivity index (χ1) is 8.61. The molecule has 1 aromatic carbocycles. The molecule has 0 radical (unpaired) electrons. The van der Waals surface area contributed by atoms with Gasteiger partial charge in [0.05, 0.1) is 7.11 Å². The van der Waals surface area contributed by atoms with Gasteiger partial charge >= 0.3 is 5.97 Å². The van der Waals surface area contributed by atoms with Crippen molar-refractivity contribution in [2.24, 2.45) is 5.92 Å². The lowest BCUT2D eigenvalue weighted by atomic mass is 9.93. The third kappa shape index (κ3) is 3.10. The molecular formula is C14H14ClFO2. The number of ether oxygens (including phenoxy) is 1. The van der Waals surface area contributed by atoms with Crippen molar-refractivity contribution < 1.29 is 13.9 Å². The second-order valence-corrected chi connectivity index (χ2v) is 4.86. The molecule has 1 saturated carbocycles. The molecule has 96 valence electrons. The molecule has 0 bridgehead atoms. The molecule has 1 aromatic rings. The Labute approximate surface area is 110 Å². The van der Waals surface area contributed by atoms with E-state index in [2.05, 4.69) is 4.74 Å². The number of carbonyl (C=O) groups excluding carboxylic acids is 1. The molecule has 1 aliphatic carbocycles. The van der Waals surface area contributed by atoms with Crippen molar-refractivity contribution in [3.8, 4) is 0 Å². The van der Waals surface area contributed by atoms with E-state index in [-0.39, 0.29) is 5.92 Å². The maximum Gasteiger partial charge on any atom is 0.366 e. The predicted octanol–water partition coefficient (Wildman–Crippen LogP) is 3.86. The Bertz CT molecular complexity index is 463. The lowest BCUT2D eigenvalue weighted by Gasteiger charge is -2.12. The van der Waals surface area contributed by atoms with Crippen LogP contribution in [0.15, 0.2) is 36.2 Å². The topological polar surface area (TPSA) is 26.3 Å². The zero-order valence-corrected chi connectivity index (χ0v) is 10.8. The number of halogens is 2. The van der Waals surface area contributed by atoms with Crippen molar-refractivity contribution in [1.82, 2.24) is 0 Å². The fraction of sp³-hybridized carbons (Fsp3) is 0.357. The summed E-state index contributed by atoms with van der Waals surface area (Å²) >= 11 is 5.83. The Morgan fingerprint density at radius 2 is 2.06 bits per heavy atom. The Balaban J connectivity index is 2.23. The molecule has 0 N–H and O–H groups in total. The summed E-state index contributed by atoms with van der Waals surface area (Å²) in [5.74, 6) is -1.43. The summed E-state index contributed by atoms with van der Waals surface area (Å²) in [6, 6.07) is 7.28. The molecule has 0 aliphatic heterocycles. The first kappa shape index (κ1) is 13.1. The van der Waals surface area contributed by atoms with Gasteiger partial charge in [-0.3, -0.25) is 0 Å². The van der Waals surface area contributed by atoms with Gasteiger partial charge in [0, 0.05) is 10.9 Å². The van der Waals surface area contributed by atoms with Crippen LogP contribution in [-0.2, 0) is 9.53 Å². The Morgan fingerprint density at radius 3 is 2.56 bits per heavy atom. The second kappa shape index (κ2) is 5.53. The van der Waals surface area contributed by atoms with Gasteiger partial charge in [-0.2, -0.15) is 4.39 Å². The van der Waals surface area contributed by atoms with Crippen LogP contribution in [0.3, 0.4) is 0 Å². The summed E-state index contributed by atoms with van der Waals surface area (Å²) < 4.78 is 17.9. The van der Waals surface area contributed by atoms with E-state index in [0.717, 1.165) is 18.4 Å². The third-order valence-corrected chi connectivity index (χ3v) is 3.34. The fourth-order valence-electron chi connectivity index (χ4n) is 1.97. The number of allylic oxidation sites excluding steroid dienone is 1. The number of benzene rings is 1. The van der Waals surface area contributed by atoms with Crippen molar-refractivity contribution in [2.75, 3.05) is 7.11 Å². The van der Waals surface area contributed by atoms with E-state index < -0.39 is 11.8 Å². The summed E-state index contributed by atoms with van der Waals surface area (Å²) in [4.78, 5) is 11.1.